The van der Waals surface area contributed by atoms with Crippen molar-refractivity contribution in [1.29, 1.82) is 0 Å². The smallest absolute Gasteiger partial charge is 0.339 e. The van der Waals surface area contributed by atoms with Crippen LogP contribution in [0.4, 0.5) is 15.9 Å². The van der Waals surface area contributed by atoms with Crippen LogP contribution in [0.2, 0.25) is 0 Å². The first-order valence-electron chi connectivity index (χ1n) is 8.50. The van der Waals surface area contributed by atoms with E-state index in [9.17, 15) is 19.1 Å². The normalized spacial score (nSPS) is 17.0. The predicted octanol–water partition coefficient (Wildman–Crippen LogP) is 3.41. The van der Waals surface area contributed by atoms with E-state index in [4.69, 9.17) is 0 Å². The number of rotatable bonds is 4. The highest BCUT2D eigenvalue weighted by Gasteiger charge is 2.23. The molecule has 1 aliphatic rings. The second kappa shape index (κ2) is 7.51. The average Bonchev–Trinajstić information content (AvgIpc) is 2.62. The SMILES string of the molecule is C[C@H]1CCCN(c2ncc(NC(=O)c3ccccc3F)cc2C(=O)O)C1. The number of carbonyl (C=O) groups excluding carboxylic acids is 1. The van der Waals surface area contributed by atoms with Crippen LogP contribution in [0.1, 0.15) is 40.5 Å². The zero-order valence-corrected chi connectivity index (χ0v) is 14.4. The molecular weight excluding hydrogens is 337 g/mol. The summed E-state index contributed by atoms with van der Waals surface area (Å²) < 4.78 is 13.7. The van der Waals surface area contributed by atoms with E-state index in [1.165, 1.54) is 30.5 Å². The fraction of sp³-hybridized carbons (Fsp3) is 0.316. The van der Waals surface area contributed by atoms with Gasteiger partial charge in [0.25, 0.3) is 5.91 Å². The molecule has 0 bridgehead atoms. The van der Waals surface area contributed by atoms with Crippen LogP contribution < -0.4 is 10.2 Å². The third-order valence-corrected chi connectivity index (χ3v) is 4.43. The number of nitrogens with one attached hydrogen (secondary N) is 1. The van der Waals surface area contributed by atoms with E-state index in [2.05, 4.69) is 17.2 Å². The fourth-order valence-electron chi connectivity index (χ4n) is 3.16. The molecule has 3 rings (SSSR count). The molecule has 2 heterocycles. The molecule has 1 atom stereocenters. The summed E-state index contributed by atoms with van der Waals surface area (Å²) in [6.45, 7) is 3.61. The van der Waals surface area contributed by atoms with Crippen LogP contribution >= 0.6 is 0 Å². The summed E-state index contributed by atoms with van der Waals surface area (Å²) in [4.78, 5) is 30.1. The van der Waals surface area contributed by atoms with Gasteiger partial charge in [-0.2, -0.15) is 0 Å². The van der Waals surface area contributed by atoms with E-state index in [1.54, 1.807) is 6.07 Å². The van der Waals surface area contributed by atoms with E-state index in [0.29, 0.717) is 11.7 Å². The van der Waals surface area contributed by atoms with Gasteiger partial charge in [-0.05, 0) is 37.0 Å². The molecule has 6 nitrogen and oxygen atoms in total. The summed E-state index contributed by atoms with van der Waals surface area (Å²) in [5, 5.41) is 12.1. The Hall–Kier alpha value is -2.96. The maximum atomic E-state index is 13.7. The van der Waals surface area contributed by atoms with Gasteiger partial charge in [-0.1, -0.05) is 19.1 Å². The minimum absolute atomic E-state index is 0.0189. The molecular formula is C19H20FN3O3. The fourth-order valence-corrected chi connectivity index (χ4v) is 3.16. The molecule has 1 amide bonds. The highest BCUT2D eigenvalue weighted by molar-refractivity contribution is 6.05. The standard InChI is InChI=1S/C19H20FN3O3/c1-12-5-4-8-23(11-12)17-15(19(25)26)9-13(10-21-17)22-18(24)14-6-2-3-7-16(14)20/h2-3,6-7,9-10,12H,4-5,8,11H2,1H3,(H,22,24)(H,25,26)/t12-/m0/s1. The lowest BCUT2D eigenvalue weighted by Gasteiger charge is -2.32. The molecule has 0 unspecified atom stereocenters. The van der Waals surface area contributed by atoms with Gasteiger partial charge < -0.3 is 15.3 Å². The van der Waals surface area contributed by atoms with Gasteiger partial charge in [0, 0.05) is 13.1 Å². The van der Waals surface area contributed by atoms with Crippen LogP contribution in [0.25, 0.3) is 0 Å². The monoisotopic (exact) mass is 357 g/mol. The number of benzene rings is 1. The van der Waals surface area contributed by atoms with E-state index in [1.807, 2.05) is 4.90 Å². The largest absolute Gasteiger partial charge is 0.478 e. The van der Waals surface area contributed by atoms with Crippen molar-refractivity contribution < 1.29 is 19.1 Å². The van der Waals surface area contributed by atoms with E-state index >= 15 is 0 Å². The number of aromatic nitrogens is 1. The van der Waals surface area contributed by atoms with Gasteiger partial charge in [0.2, 0.25) is 0 Å². The summed E-state index contributed by atoms with van der Waals surface area (Å²) in [6.07, 6.45) is 3.49. The van der Waals surface area contributed by atoms with Gasteiger partial charge in [0.1, 0.15) is 17.2 Å². The highest BCUT2D eigenvalue weighted by Crippen LogP contribution is 2.26. The van der Waals surface area contributed by atoms with Crippen molar-refractivity contribution in [3.05, 3.63) is 53.5 Å². The summed E-state index contributed by atoms with van der Waals surface area (Å²) in [5.74, 6) is -1.55. The van der Waals surface area contributed by atoms with Gasteiger partial charge in [0.05, 0.1) is 17.4 Å². The van der Waals surface area contributed by atoms with Crippen molar-refractivity contribution in [2.45, 2.75) is 19.8 Å². The Morgan fingerprint density at radius 1 is 1.31 bits per heavy atom. The van der Waals surface area contributed by atoms with Crippen LogP contribution in [0.5, 0.6) is 0 Å². The lowest BCUT2D eigenvalue weighted by atomic mass is 10.00. The molecule has 1 aliphatic heterocycles. The first-order valence-corrected chi connectivity index (χ1v) is 8.50. The topological polar surface area (TPSA) is 82.5 Å². The Morgan fingerprint density at radius 2 is 2.08 bits per heavy atom. The number of piperidine rings is 1. The molecule has 1 saturated heterocycles. The van der Waals surface area contributed by atoms with Crippen molar-refractivity contribution in [1.82, 2.24) is 4.98 Å². The molecule has 0 aliphatic carbocycles. The van der Waals surface area contributed by atoms with E-state index in [0.717, 1.165) is 25.9 Å². The Bertz CT molecular complexity index is 841. The molecule has 136 valence electrons. The number of carboxylic acids is 1. The van der Waals surface area contributed by atoms with Crippen LogP contribution in [0.15, 0.2) is 36.5 Å². The summed E-state index contributed by atoms with van der Waals surface area (Å²) >= 11 is 0. The zero-order valence-electron chi connectivity index (χ0n) is 14.4. The van der Waals surface area contributed by atoms with Gasteiger partial charge in [-0.25, -0.2) is 14.2 Å². The van der Waals surface area contributed by atoms with Crippen LogP contribution in [0, 0.1) is 11.7 Å². The highest BCUT2D eigenvalue weighted by atomic mass is 19.1. The molecule has 26 heavy (non-hydrogen) atoms. The maximum Gasteiger partial charge on any atom is 0.339 e. The summed E-state index contributed by atoms with van der Waals surface area (Å²) in [7, 11) is 0. The van der Waals surface area contributed by atoms with Gasteiger partial charge in [-0.3, -0.25) is 4.79 Å². The number of amides is 1. The lowest BCUT2D eigenvalue weighted by Crippen LogP contribution is -2.36. The molecule has 0 saturated carbocycles. The van der Waals surface area contributed by atoms with Crippen LogP contribution in [-0.4, -0.2) is 35.1 Å². The second-order valence-electron chi connectivity index (χ2n) is 6.53. The number of hydrogen-bond donors (Lipinski definition) is 2. The summed E-state index contributed by atoms with van der Waals surface area (Å²) in [6, 6.07) is 6.96. The number of aromatic carboxylic acids is 1. The van der Waals surface area contributed by atoms with Crippen molar-refractivity contribution in [3.8, 4) is 0 Å². The maximum absolute atomic E-state index is 13.7. The molecule has 7 heteroatoms. The number of anilines is 2. The molecule has 0 spiro atoms. The van der Waals surface area contributed by atoms with Gasteiger partial charge in [-0.15, -0.1) is 0 Å². The predicted molar refractivity (Wildman–Crippen MR) is 96.2 cm³/mol. The number of carbonyl (C=O) groups is 2. The minimum atomic E-state index is -1.12. The summed E-state index contributed by atoms with van der Waals surface area (Å²) in [5.41, 5.74) is 0.119. The van der Waals surface area contributed by atoms with E-state index < -0.39 is 17.7 Å². The van der Waals surface area contributed by atoms with Gasteiger partial charge >= 0.3 is 5.97 Å². The zero-order chi connectivity index (χ0) is 18.7. The van der Waals surface area contributed by atoms with Crippen molar-refractivity contribution in [3.63, 3.8) is 0 Å². The number of hydrogen-bond acceptors (Lipinski definition) is 4. The first-order chi connectivity index (χ1) is 12.5. The number of pyridine rings is 1. The Morgan fingerprint density at radius 3 is 2.77 bits per heavy atom. The number of nitrogens with zero attached hydrogens (tertiary/aromatic N) is 2. The Kier molecular flexibility index (Phi) is 5.16. The second-order valence-corrected chi connectivity index (χ2v) is 6.53. The van der Waals surface area contributed by atoms with E-state index in [-0.39, 0.29) is 16.8 Å². The molecule has 2 N–H and O–H groups in total. The lowest BCUT2D eigenvalue weighted by molar-refractivity contribution is 0.0696. The molecule has 1 fully saturated rings. The Labute approximate surface area is 150 Å². The van der Waals surface area contributed by atoms with Crippen molar-refractivity contribution in [2.75, 3.05) is 23.3 Å². The Balaban J connectivity index is 1.86. The third-order valence-electron chi connectivity index (χ3n) is 4.43. The number of carboxylic acid groups (broad SMARTS) is 1. The molecule has 1 aromatic heterocycles. The quantitative estimate of drug-likeness (QED) is 0.876. The minimum Gasteiger partial charge on any atom is -0.478 e. The third kappa shape index (κ3) is 3.82. The molecule has 2 aromatic rings. The van der Waals surface area contributed by atoms with Gasteiger partial charge in [0.15, 0.2) is 0 Å². The molecule has 0 radical (unpaired) electrons. The number of halogens is 1. The van der Waals surface area contributed by atoms with Crippen LogP contribution in [0.3, 0.4) is 0 Å². The average molecular weight is 357 g/mol. The van der Waals surface area contributed by atoms with Crippen LogP contribution in [-0.2, 0) is 0 Å². The molecule has 1 aromatic carbocycles. The first kappa shape index (κ1) is 17.8. The van der Waals surface area contributed by atoms with Crippen molar-refractivity contribution in [2.24, 2.45) is 5.92 Å². The van der Waals surface area contributed by atoms with Crippen molar-refractivity contribution >= 4 is 23.4 Å².